The summed E-state index contributed by atoms with van der Waals surface area (Å²) in [5.41, 5.74) is 7.86. The lowest BCUT2D eigenvalue weighted by Gasteiger charge is -2.12. The Balaban J connectivity index is 0.945. The third-order valence-corrected chi connectivity index (χ3v) is 12.8. The van der Waals surface area contributed by atoms with Crippen molar-refractivity contribution in [2.75, 3.05) is 11.8 Å². The Morgan fingerprint density at radius 3 is 2.37 bits per heavy atom. The maximum atomic E-state index is 13.3. The normalized spacial score (nSPS) is 13.5. The number of carbonyl (C=O) groups excluding carboxylic acids is 2. The van der Waals surface area contributed by atoms with E-state index < -0.39 is 27.9 Å². The van der Waals surface area contributed by atoms with E-state index in [0.29, 0.717) is 45.1 Å². The number of hydrogen-bond donors (Lipinski definition) is 3. The molecule has 15 nitrogen and oxygen atoms in total. The summed E-state index contributed by atoms with van der Waals surface area (Å²) in [6, 6.07) is 22.1. The molecule has 0 saturated heterocycles. The highest BCUT2D eigenvalue weighted by molar-refractivity contribution is 7.92. The van der Waals surface area contributed by atoms with Crippen LogP contribution in [0.1, 0.15) is 72.9 Å². The van der Waals surface area contributed by atoms with Gasteiger partial charge in [-0.05, 0) is 74.7 Å². The van der Waals surface area contributed by atoms with E-state index in [1.54, 1.807) is 53.9 Å². The number of aliphatic imine (C=N–C) groups is 1. The van der Waals surface area contributed by atoms with Crippen LogP contribution in [0.15, 0.2) is 88.9 Å². The fourth-order valence-corrected chi connectivity index (χ4v) is 9.31. The van der Waals surface area contributed by atoms with Gasteiger partial charge in [-0.1, -0.05) is 42.5 Å². The lowest BCUT2D eigenvalue weighted by atomic mass is 9.98. The van der Waals surface area contributed by atoms with Gasteiger partial charge in [0.25, 0.3) is 15.9 Å². The van der Waals surface area contributed by atoms with Crippen LogP contribution < -0.4 is 10.0 Å². The Morgan fingerprint density at radius 2 is 1.68 bits per heavy atom. The number of benzene rings is 3. The Labute approximate surface area is 342 Å². The van der Waals surface area contributed by atoms with Gasteiger partial charge in [-0.15, -0.1) is 31.7 Å². The summed E-state index contributed by atoms with van der Waals surface area (Å²) in [7, 11) is -2.61. The predicted molar refractivity (Wildman–Crippen MR) is 222 cm³/mol. The topological polar surface area (TPSA) is 210 Å². The number of anilines is 1. The number of nitrogens with one attached hydrogen (secondary N) is 3. The number of sulfonamides is 1. The summed E-state index contributed by atoms with van der Waals surface area (Å²) in [5, 5.41) is 31.1. The monoisotopic (exact) mass is 824 g/mol. The van der Waals surface area contributed by atoms with Crippen molar-refractivity contribution < 1.29 is 22.7 Å². The number of ether oxygens (including phenoxy) is 1. The summed E-state index contributed by atoms with van der Waals surface area (Å²) in [6.07, 6.45) is 1.56. The molecular formula is C42H36N10O5S2. The molecule has 3 aromatic carbocycles. The van der Waals surface area contributed by atoms with Crippen LogP contribution in [0.4, 0.5) is 5.69 Å². The third-order valence-electron chi connectivity index (χ3n) is 10.3. The van der Waals surface area contributed by atoms with E-state index in [1.165, 1.54) is 19.2 Å². The van der Waals surface area contributed by atoms with Gasteiger partial charge in [0.2, 0.25) is 0 Å². The van der Waals surface area contributed by atoms with Crippen LogP contribution in [0.3, 0.4) is 0 Å². The molecule has 0 fully saturated rings. The minimum Gasteiger partial charge on any atom is -0.469 e. The number of amides is 1. The van der Waals surface area contributed by atoms with Crippen molar-refractivity contribution in [3.63, 3.8) is 0 Å². The number of methoxy groups -OCH3 is 1. The molecule has 1 aliphatic heterocycles. The standard InChI is InChI=1S/C42H36N10O5S2/c1-22-6-15-32(39-36(22)29(19-43)21-44-39)51-59(55,56)30-13-7-26(8-14-30)20-45-41(54)33-17-16-31(48-49-33)27-9-11-28(12-10-27)38-37-23(2)24(3)58-42(37)52-25(4)47-50-40(52)34(46-38)18-35(53)57-5/h6-17,21,34,44,51H,18,20H2,1-5H3,(H,45,54)/t34-/m0/s1. The van der Waals surface area contributed by atoms with Crippen LogP contribution in [0.2, 0.25) is 0 Å². The number of nitrogens with zero attached hydrogens (tertiary/aromatic N) is 7. The van der Waals surface area contributed by atoms with E-state index in [9.17, 15) is 23.3 Å². The van der Waals surface area contributed by atoms with E-state index in [1.807, 2.05) is 42.7 Å². The van der Waals surface area contributed by atoms with Gasteiger partial charge in [0, 0.05) is 39.7 Å². The molecule has 5 heterocycles. The lowest BCUT2D eigenvalue weighted by Crippen LogP contribution is -2.24. The zero-order valence-corrected chi connectivity index (χ0v) is 34.1. The molecule has 4 aromatic heterocycles. The van der Waals surface area contributed by atoms with Crippen molar-refractivity contribution in [1.29, 1.82) is 5.26 Å². The molecule has 8 rings (SSSR count). The molecule has 1 atom stereocenters. The average molecular weight is 825 g/mol. The number of hydrogen-bond acceptors (Lipinski definition) is 12. The largest absolute Gasteiger partial charge is 0.469 e. The minimum atomic E-state index is -3.96. The fraction of sp³-hybridized carbons (Fsp3) is 0.190. The molecule has 0 bridgehead atoms. The van der Waals surface area contributed by atoms with E-state index >= 15 is 0 Å². The number of aromatic nitrogens is 6. The molecule has 0 radical (unpaired) electrons. The molecular weight excluding hydrogens is 789 g/mol. The second-order valence-corrected chi connectivity index (χ2v) is 16.9. The summed E-state index contributed by atoms with van der Waals surface area (Å²) in [6.45, 7) is 7.99. The number of fused-ring (bicyclic) bond motifs is 4. The van der Waals surface area contributed by atoms with Crippen LogP contribution in [0, 0.1) is 39.0 Å². The van der Waals surface area contributed by atoms with E-state index in [4.69, 9.17) is 9.73 Å². The molecule has 1 aliphatic rings. The van der Waals surface area contributed by atoms with E-state index in [-0.39, 0.29) is 23.6 Å². The Kier molecular flexibility index (Phi) is 10.1. The van der Waals surface area contributed by atoms with Gasteiger partial charge >= 0.3 is 5.97 Å². The van der Waals surface area contributed by atoms with Crippen molar-refractivity contribution in [2.24, 2.45) is 4.99 Å². The highest BCUT2D eigenvalue weighted by Gasteiger charge is 2.32. The van der Waals surface area contributed by atoms with Crippen LogP contribution in [-0.2, 0) is 26.1 Å². The second kappa shape index (κ2) is 15.4. The van der Waals surface area contributed by atoms with Crippen molar-refractivity contribution in [3.8, 4) is 22.3 Å². The molecule has 296 valence electrons. The van der Waals surface area contributed by atoms with Crippen LogP contribution >= 0.6 is 11.3 Å². The van der Waals surface area contributed by atoms with Gasteiger partial charge in [0.15, 0.2) is 11.5 Å². The first kappa shape index (κ1) is 38.8. The van der Waals surface area contributed by atoms with Crippen molar-refractivity contribution in [2.45, 2.75) is 51.6 Å². The van der Waals surface area contributed by atoms with Crippen LogP contribution in [0.25, 0.3) is 27.2 Å². The first-order valence-electron chi connectivity index (χ1n) is 18.4. The van der Waals surface area contributed by atoms with E-state index in [2.05, 4.69) is 55.3 Å². The second-order valence-electron chi connectivity index (χ2n) is 14.0. The number of nitriles is 1. The molecule has 0 unspecified atom stereocenters. The first-order chi connectivity index (χ1) is 28.4. The number of carbonyl (C=O) groups is 2. The summed E-state index contributed by atoms with van der Waals surface area (Å²) >= 11 is 1.63. The van der Waals surface area contributed by atoms with Gasteiger partial charge in [-0.3, -0.25) is 23.9 Å². The third kappa shape index (κ3) is 7.24. The minimum absolute atomic E-state index is 0.00663. The summed E-state index contributed by atoms with van der Waals surface area (Å²) in [4.78, 5) is 34.8. The van der Waals surface area contributed by atoms with Crippen molar-refractivity contribution in [3.05, 3.63) is 135 Å². The number of H-pyrrole nitrogens is 1. The van der Waals surface area contributed by atoms with Crippen molar-refractivity contribution in [1.82, 2.24) is 35.3 Å². The zero-order valence-electron chi connectivity index (χ0n) is 32.5. The average Bonchev–Trinajstić information content (AvgIpc) is 3.92. The lowest BCUT2D eigenvalue weighted by molar-refractivity contribution is -0.141. The number of aromatic amines is 1. The van der Waals surface area contributed by atoms with Crippen LogP contribution in [-0.4, -0.2) is 63.1 Å². The SMILES string of the molecule is COC(=O)C[C@@H]1N=C(c2ccc(-c3ccc(C(=O)NCc4ccc(S(=O)(=O)Nc5ccc(C)c6c(C#N)c[nH]c56)cc4)nn3)cc2)c2c(sc(C)c2C)-n2c(C)nnc21. The number of esters is 1. The zero-order chi connectivity index (χ0) is 41.6. The molecule has 0 saturated carbocycles. The molecule has 0 aliphatic carbocycles. The van der Waals surface area contributed by atoms with Gasteiger partial charge < -0.3 is 15.0 Å². The van der Waals surface area contributed by atoms with Crippen LogP contribution in [0.5, 0.6) is 0 Å². The first-order valence-corrected chi connectivity index (χ1v) is 20.7. The molecule has 17 heteroatoms. The maximum absolute atomic E-state index is 13.3. The van der Waals surface area contributed by atoms with Crippen molar-refractivity contribution >= 4 is 55.5 Å². The quantitative estimate of drug-likeness (QED) is 0.127. The van der Waals surface area contributed by atoms with E-state index in [0.717, 1.165) is 43.4 Å². The summed E-state index contributed by atoms with van der Waals surface area (Å²) < 4.78 is 36.1. The van der Waals surface area contributed by atoms with Gasteiger partial charge in [-0.2, -0.15) is 5.26 Å². The highest BCUT2D eigenvalue weighted by Crippen LogP contribution is 2.40. The molecule has 3 N–H and O–H groups in total. The Bertz CT molecular complexity index is 2980. The fourth-order valence-electron chi connectivity index (χ4n) is 7.03. The Morgan fingerprint density at radius 1 is 0.932 bits per heavy atom. The highest BCUT2D eigenvalue weighted by atomic mass is 32.2. The molecule has 1 amide bonds. The summed E-state index contributed by atoms with van der Waals surface area (Å²) in [5.74, 6) is 0.430. The smallest absolute Gasteiger partial charge is 0.308 e. The number of rotatable bonds is 10. The maximum Gasteiger partial charge on any atom is 0.308 e. The molecule has 0 spiro atoms. The van der Waals surface area contributed by atoms with Gasteiger partial charge in [0.1, 0.15) is 22.9 Å². The Hall–Kier alpha value is -7.03. The molecule has 7 aromatic rings. The number of thiophene rings is 1. The van der Waals surface area contributed by atoms with Gasteiger partial charge in [-0.25, -0.2) is 8.42 Å². The van der Waals surface area contributed by atoms with Gasteiger partial charge in [0.05, 0.1) is 46.6 Å². The predicted octanol–water partition coefficient (Wildman–Crippen LogP) is 6.56. The molecule has 59 heavy (non-hydrogen) atoms. The number of aryl methyl sites for hydroxylation is 3.